The van der Waals surface area contributed by atoms with Crippen LogP contribution in [0.25, 0.3) is 0 Å². The predicted octanol–water partition coefficient (Wildman–Crippen LogP) is 3.47. The monoisotopic (exact) mass is 281 g/mol. The van der Waals surface area contributed by atoms with E-state index >= 15 is 0 Å². The average Bonchev–Trinajstić information content (AvgIpc) is 2.35. The lowest BCUT2D eigenvalue weighted by atomic mass is 10.2. The van der Waals surface area contributed by atoms with E-state index in [1.165, 1.54) is 6.07 Å². The van der Waals surface area contributed by atoms with Crippen LogP contribution in [0.15, 0.2) is 24.3 Å². The number of methoxy groups -OCH3 is 1. The Morgan fingerprint density at radius 3 is 2.89 bits per heavy atom. The third kappa shape index (κ3) is 3.39. The number of rotatable bonds is 4. The first-order valence-electron chi connectivity index (χ1n) is 5.64. The first-order chi connectivity index (χ1) is 9.10. The number of hydrogen-bond acceptors (Lipinski definition) is 4. The molecule has 0 radical (unpaired) electrons. The van der Waals surface area contributed by atoms with Crippen LogP contribution in [0.5, 0.6) is 0 Å². The van der Waals surface area contributed by atoms with Crippen LogP contribution >= 0.6 is 11.6 Å². The molecule has 100 valence electrons. The molecule has 0 aliphatic carbocycles. The number of hydrogen-bond donors (Lipinski definition) is 1. The molecule has 0 saturated carbocycles. The van der Waals surface area contributed by atoms with Gasteiger partial charge in [0.1, 0.15) is 11.0 Å². The molecule has 6 heteroatoms. The fourth-order valence-electron chi connectivity index (χ4n) is 1.61. The van der Waals surface area contributed by atoms with Crippen LogP contribution in [-0.2, 0) is 11.3 Å². The highest BCUT2D eigenvalue weighted by atomic mass is 35.5. The normalized spacial score (nSPS) is 10.5. The SMILES string of the molecule is COCc1cc(Cl)nc(Nc2cccc(F)c2C)n1. The Balaban J connectivity index is 2.30. The quantitative estimate of drug-likeness (QED) is 0.872. The molecule has 0 bridgehead atoms. The Kier molecular flexibility index (Phi) is 4.29. The van der Waals surface area contributed by atoms with Crippen molar-refractivity contribution in [3.63, 3.8) is 0 Å². The third-order valence-electron chi connectivity index (χ3n) is 2.55. The summed E-state index contributed by atoms with van der Waals surface area (Å²) in [5.74, 6) is 0.0254. The van der Waals surface area contributed by atoms with Gasteiger partial charge in [0, 0.05) is 18.4 Å². The highest BCUT2D eigenvalue weighted by molar-refractivity contribution is 6.29. The van der Waals surface area contributed by atoms with E-state index in [4.69, 9.17) is 16.3 Å². The number of halogens is 2. The van der Waals surface area contributed by atoms with Crippen molar-refractivity contribution < 1.29 is 9.13 Å². The summed E-state index contributed by atoms with van der Waals surface area (Å²) in [5, 5.41) is 3.25. The Morgan fingerprint density at radius 1 is 1.37 bits per heavy atom. The zero-order valence-corrected chi connectivity index (χ0v) is 11.3. The van der Waals surface area contributed by atoms with Gasteiger partial charge in [0.2, 0.25) is 5.95 Å². The first kappa shape index (κ1) is 13.7. The van der Waals surface area contributed by atoms with E-state index in [0.29, 0.717) is 34.7 Å². The Hall–Kier alpha value is -1.72. The molecule has 1 heterocycles. The standard InChI is InChI=1S/C13H13ClFN3O/c1-8-10(15)4-3-5-11(8)17-13-16-9(7-19-2)6-12(14)18-13/h3-6H,7H2,1-2H3,(H,16,17,18). The molecule has 0 spiro atoms. The fourth-order valence-corrected chi connectivity index (χ4v) is 1.81. The summed E-state index contributed by atoms with van der Waals surface area (Å²) >= 11 is 5.90. The van der Waals surface area contributed by atoms with Gasteiger partial charge in [-0.3, -0.25) is 0 Å². The largest absolute Gasteiger partial charge is 0.378 e. The summed E-state index contributed by atoms with van der Waals surface area (Å²) < 4.78 is 18.4. The lowest BCUT2D eigenvalue weighted by Gasteiger charge is -2.10. The first-order valence-corrected chi connectivity index (χ1v) is 6.02. The topological polar surface area (TPSA) is 47.0 Å². The van der Waals surface area contributed by atoms with E-state index in [9.17, 15) is 4.39 Å². The lowest BCUT2D eigenvalue weighted by molar-refractivity contribution is 0.181. The van der Waals surface area contributed by atoms with Crippen LogP contribution in [0.2, 0.25) is 5.15 Å². The van der Waals surface area contributed by atoms with Gasteiger partial charge in [0.25, 0.3) is 0 Å². The molecule has 0 fully saturated rings. The van der Waals surface area contributed by atoms with Crippen molar-refractivity contribution >= 4 is 23.2 Å². The van der Waals surface area contributed by atoms with Crippen LogP contribution in [-0.4, -0.2) is 17.1 Å². The van der Waals surface area contributed by atoms with E-state index in [-0.39, 0.29) is 5.82 Å². The fraction of sp³-hybridized carbons (Fsp3) is 0.231. The van der Waals surface area contributed by atoms with Crippen molar-refractivity contribution in [3.05, 3.63) is 46.5 Å². The molecule has 0 aliphatic rings. The Bertz CT molecular complexity index is 592. The molecular weight excluding hydrogens is 269 g/mol. The van der Waals surface area contributed by atoms with Gasteiger partial charge >= 0.3 is 0 Å². The molecule has 1 N–H and O–H groups in total. The summed E-state index contributed by atoms with van der Waals surface area (Å²) in [6.45, 7) is 2.01. The molecule has 1 aromatic heterocycles. The van der Waals surface area contributed by atoms with Crippen molar-refractivity contribution in [2.24, 2.45) is 0 Å². The van der Waals surface area contributed by atoms with E-state index in [0.717, 1.165) is 0 Å². The minimum absolute atomic E-state index is 0.288. The maximum Gasteiger partial charge on any atom is 0.228 e. The predicted molar refractivity (Wildman–Crippen MR) is 72.2 cm³/mol. The van der Waals surface area contributed by atoms with Crippen LogP contribution in [0.1, 0.15) is 11.3 Å². The number of anilines is 2. The number of nitrogens with zero attached hydrogens (tertiary/aromatic N) is 2. The molecule has 0 amide bonds. The molecule has 0 unspecified atom stereocenters. The van der Waals surface area contributed by atoms with Gasteiger partial charge in [-0.25, -0.2) is 14.4 Å². The molecule has 0 aliphatic heterocycles. The molecule has 2 rings (SSSR count). The van der Waals surface area contributed by atoms with Crippen molar-refractivity contribution in [3.8, 4) is 0 Å². The highest BCUT2D eigenvalue weighted by Crippen LogP contribution is 2.21. The number of nitrogens with one attached hydrogen (secondary N) is 1. The molecule has 19 heavy (non-hydrogen) atoms. The average molecular weight is 282 g/mol. The second-order valence-electron chi connectivity index (χ2n) is 3.98. The minimum Gasteiger partial charge on any atom is -0.378 e. The molecule has 1 aromatic carbocycles. The number of benzene rings is 1. The van der Waals surface area contributed by atoms with E-state index in [1.54, 1.807) is 32.2 Å². The van der Waals surface area contributed by atoms with Crippen molar-refractivity contribution in [1.82, 2.24) is 9.97 Å². The summed E-state index contributed by atoms with van der Waals surface area (Å²) in [4.78, 5) is 8.28. The molecule has 0 atom stereocenters. The molecule has 4 nitrogen and oxygen atoms in total. The smallest absolute Gasteiger partial charge is 0.228 e. The second kappa shape index (κ2) is 5.95. The van der Waals surface area contributed by atoms with Crippen molar-refractivity contribution in [2.75, 3.05) is 12.4 Å². The van der Waals surface area contributed by atoms with Gasteiger partial charge in [-0.2, -0.15) is 0 Å². The van der Waals surface area contributed by atoms with Crippen molar-refractivity contribution in [2.45, 2.75) is 13.5 Å². The third-order valence-corrected chi connectivity index (χ3v) is 2.75. The highest BCUT2D eigenvalue weighted by Gasteiger charge is 2.07. The van der Waals surface area contributed by atoms with E-state index < -0.39 is 0 Å². The van der Waals surface area contributed by atoms with Crippen LogP contribution in [0.4, 0.5) is 16.0 Å². The summed E-state index contributed by atoms with van der Waals surface area (Å²) in [6.07, 6.45) is 0. The second-order valence-corrected chi connectivity index (χ2v) is 4.36. The van der Waals surface area contributed by atoms with E-state index in [1.807, 2.05) is 0 Å². The maximum absolute atomic E-state index is 13.4. The van der Waals surface area contributed by atoms with Crippen molar-refractivity contribution in [1.29, 1.82) is 0 Å². The Labute approximate surface area is 115 Å². The number of aromatic nitrogens is 2. The van der Waals surface area contributed by atoms with Crippen LogP contribution < -0.4 is 5.32 Å². The van der Waals surface area contributed by atoms with Crippen LogP contribution in [0, 0.1) is 12.7 Å². The molecule has 2 aromatic rings. The van der Waals surface area contributed by atoms with E-state index in [2.05, 4.69) is 15.3 Å². The lowest BCUT2D eigenvalue weighted by Crippen LogP contribution is -2.03. The zero-order valence-electron chi connectivity index (χ0n) is 10.6. The van der Waals surface area contributed by atoms with Gasteiger partial charge in [0.05, 0.1) is 12.3 Å². The summed E-state index contributed by atoms with van der Waals surface area (Å²) in [5.41, 5.74) is 1.75. The van der Waals surface area contributed by atoms with Crippen LogP contribution in [0.3, 0.4) is 0 Å². The number of ether oxygens (including phenoxy) is 1. The zero-order chi connectivity index (χ0) is 13.8. The minimum atomic E-state index is -0.288. The Morgan fingerprint density at radius 2 is 2.16 bits per heavy atom. The maximum atomic E-state index is 13.4. The van der Waals surface area contributed by atoms with Gasteiger partial charge in [-0.05, 0) is 25.1 Å². The summed E-state index contributed by atoms with van der Waals surface area (Å²) in [7, 11) is 1.57. The molecular formula is C13H13ClFN3O. The van der Waals surface area contributed by atoms with Gasteiger partial charge in [0.15, 0.2) is 0 Å². The van der Waals surface area contributed by atoms with Gasteiger partial charge in [-0.1, -0.05) is 17.7 Å². The summed E-state index contributed by atoms with van der Waals surface area (Å²) in [6, 6.07) is 6.38. The van der Waals surface area contributed by atoms with Gasteiger partial charge < -0.3 is 10.1 Å². The van der Waals surface area contributed by atoms with Gasteiger partial charge in [-0.15, -0.1) is 0 Å². The molecule has 0 saturated heterocycles.